The van der Waals surface area contributed by atoms with Crippen LogP contribution in [0.3, 0.4) is 0 Å². The van der Waals surface area contributed by atoms with Gasteiger partial charge >= 0.3 is 0 Å². The summed E-state index contributed by atoms with van der Waals surface area (Å²) >= 11 is 3.47. The molecule has 0 amide bonds. The summed E-state index contributed by atoms with van der Waals surface area (Å²) in [6.07, 6.45) is 2.48. The van der Waals surface area contributed by atoms with E-state index in [2.05, 4.69) is 38.1 Å². The molecule has 1 aromatic carbocycles. The number of benzene rings is 1. The molecule has 0 spiro atoms. The van der Waals surface area contributed by atoms with Gasteiger partial charge in [-0.15, -0.1) is 0 Å². The number of aryl methyl sites for hydroxylation is 1. The van der Waals surface area contributed by atoms with E-state index in [9.17, 15) is 0 Å². The van der Waals surface area contributed by atoms with Gasteiger partial charge in [0.25, 0.3) is 0 Å². The van der Waals surface area contributed by atoms with Crippen LogP contribution in [0.1, 0.15) is 24.6 Å². The van der Waals surface area contributed by atoms with Gasteiger partial charge in [0.15, 0.2) is 11.6 Å². The van der Waals surface area contributed by atoms with Gasteiger partial charge < -0.3 is 0 Å². The molecule has 0 bridgehead atoms. The second kappa shape index (κ2) is 3.70. The van der Waals surface area contributed by atoms with Crippen molar-refractivity contribution in [2.75, 3.05) is 0 Å². The Kier molecular flexibility index (Phi) is 2.32. The van der Waals surface area contributed by atoms with Crippen molar-refractivity contribution in [1.29, 1.82) is 0 Å². The first kappa shape index (κ1) is 10.0. The Labute approximate surface area is 103 Å². The summed E-state index contributed by atoms with van der Waals surface area (Å²) < 4.78 is 2.94. The van der Waals surface area contributed by atoms with E-state index in [-0.39, 0.29) is 0 Å². The molecular weight excluding hydrogens is 266 g/mol. The fraction of sp³-hybridized carbons (Fsp3) is 0.333. The lowest BCUT2D eigenvalue weighted by Gasteiger charge is -1.99. The minimum absolute atomic E-state index is 0.604. The molecule has 0 saturated heterocycles. The number of aromatic nitrogens is 3. The second-order valence-electron chi connectivity index (χ2n) is 4.20. The van der Waals surface area contributed by atoms with E-state index in [0.717, 1.165) is 21.7 Å². The van der Waals surface area contributed by atoms with Crippen LogP contribution in [0, 0.1) is 0 Å². The van der Waals surface area contributed by atoms with E-state index in [1.54, 1.807) is 0 Å². The van der Waals surface area contributed by atoms with Gasteiger partial charge in [0, 0.05) is 23.0 Å². The molecule has 82 valence electrons. The number of rotatable bonds is 2. The van der Waals surface area contributed by atoms with Crippen molar-refractivity contribution in [2.24, 2.45) is 7.05 Å². The Bertz CT molecular complexity index is 529. The fourth-order valence-electron chi connectivity index (χ4n) is 1.80. The molecular formula is C12H12BrN3. The third-order valence-corrected chi connectivity index (χ3v) is 3.30. The van der Waals surface area contributed by atoms with E-state index in [1.165, 1.54) is 12.8 Å². The molecule has 0 radical (unpaired) electrons. The molecule has 4 heteroatoms. The first-order valence-corrected chi connectivity index (χ1v) is 6.20. The number of halogens is 1. The van der Waals surface area contributed by atoms with Gasteiger partial charge in [-0.1, -0.05) is 28.1 Å². The van der Waals surface area contributed by atoms with Crippen molar-refractivity contribution < 1.29 is 0 Å². The highest BCUT2D eigenvalue weighted by Gasteiger charge is 2.28. The summed E-state index contributed by atoms with van der Waals surface area (Å²) in [6.45, 7) is 0. The van der Waals surface area contributed by atoms with Gasteiger partial charge in [-0.3, -0.25) is 0 Å². The first-order chi connectivity index (χ1) is 7.74. The van der Waals surface area contributed by atoms with Crippen molar-refractivity contribution in [2.45, 2.75) is 18.8 Å². The molecule has 0 unspecified atom stereocenters. The van der Waals surface area contributed by atoms with Crippen LogP contribution in [0.25, 0.3) is 11.4 Å². The van der Waals surface area contributed by atoms with Crippen LogP contribution < -0.4 is 0 Å². The highest BCUT2D eigenvalue weighted by Crippen LogP contribution is 2.38. The zero-order valence-electron chi connectivity index (χ0n) is 9.02. The maximum Gasteiger partial charge on any atom is 0.158 e. The quantitative estimate of drug-likeness (QED) is 0.845. The molecule has 1 heterocycles. The van der Waals surface area contributed by atoms with Crippen molar-refractivity contribution in [3.05, 3.63) is 34.6 Å². The lowest BCUT2D eigenvalue weighted by molar-refractivity contribution is 0.750. The van der Waals surface area contributed by atoms with Gasteiger partial charge in [0.2, 0.25) is 0 Å². The molecule has 3 rings (SSSR count). The minimum Gasteiger partial charge on any atom is -0.249 e. The third kappa shape index (κ3) is 1.78. The van der Waals surface area contributed by atoms with E-state index in [1.807, 2.05) is 23.9 Å². The van der Waals surface area contributed by atoms with E-state index in [4.69, 9.17) is 0 Å². The van der Waals surface area contributed by atoms with Gasteiger partial charge in [0.1, 0.15) is 0 Å². The average Bonchev–Trinajstić information content (AvgIpc) is 3.02. The Hall–Kier alpha value is -1.16. The molecule has 0 aliphatic heterocycles. The van der Waals surface area contributed by atoms with Gasteiger partial charge in [-0.05, 0) is 25.0 Å². The largest absolute Gasteiger partial charge is 0.249 e. The molecule has 0 N–H and O–H groups in total. The molecule has 0 atom stereocenters. The van der Waals surface area contributed by atoms with Crippen LogP contribution in [0.15, 0.2) is 28.7 Å². The Morgan fingerprint density at radius 2 is 2.19 bits per heavy atom. The molecule has 1 aliphatic carbocycles. The maximum absolute atomic E-state index is 4.61. The van der Waals surface area contributed by atoms with Crippen LogP contribution in [-0.2, 0) is 7.05 Å². The van der Waals surface area contributed by atoms with Crippen LogP contribution in [0.4, 0.5) is 0 Å². The van der Waals surface area contributed by atoms with Gasteiger partial charge in [-0.2, -0.15) is 5.10 Å². The Morgan fingerprint density at radius 3 is 2.88 bits per heavy atom. The number of hydrogen-bond acceptors (Lipinski definition) is 2. The summed E-state index contributed by atoms with van der Waals surface area (Å²) in [4.78, 5) is 4.61. The SMILES string of the molecule is Cn1nc(C2CC2)nc1-c1cccc(Br)c1. The standard InChI is InChI=1S/C12H12BrN3/c1-16-12(9-3-2-4-10(13)7-9)14-11(15-16)8-5-6-8/h2-4,7-8H,5-6H2,1H3. The number of nitrogens with zero attached hydrogens (tertiary/aromatic N) is 3. The van der Waals surface area contributed by atoms with Crippen molar-refractivity contribution in [3.8, 4) is 11.4 Å². The lowest BCUT2D eigenvalue weighted by atomic mass is 10.2. The average molecular weight is 278 g/mol. The third-order valence-electron chi connectivity index (χ3n) is 2.80. The molecule has 2 aromatic rings. The smallest absolute Gasteiger partial charge is 0.158 e. The van der Waals surface area contributed by atoms with Gasteiger partial charge in [-0.25, -0.2) is 9.67 Å². The zero-order chi connectivity index (χ0) is 11.1. The highest BCUT2D eigenvalue weighted by molar-refractivity contribution is 9.10. The van der Waals surface area contributed by atoms with Crippen molar-refractivity contribution in [3.63, 3.8) is 0 Å². The Balaban J connectivity index is 2.04. The van der Waals surface area contributed by atoms with Crippen LogP contribution in [0.5, 0.6) is 0 Å². The lowest BCUT2D eigenvalue weighted by Crippen LogP contribution is -1.94. The second-order valence-corrected chi connectivity index (χ2v) is 5.12. The topological polar surface area (TPSA) is 30.7 Å². The fourth-order valence-corrected chi connectivity index (χ4v) is 2.20. The molecule has 1 saturated carbocycles. The van der Waals surface area contributed by atoms with E-state index < -0.39 is 0 Å². The monoisotopic (exact) mass is 277 g/mol. The molecule has 3 nitrogen and oxygen atoms in total. The van der Waals surface area contributed by atoms with Crippen LogP contribution in [0.2, 0.25) is 0 Å². The summed E-state index contributed by atoms with van der Waals surface area (Å²) in [5.74, 6) is 2.55. The highest BCUT2D eigenvalue weighted by atomic mass is 79.9. The molecule has 16 heavy (non-hydrogen) atoms. The molecule has 1 fully saturated rings. The van der Waals surface area contributed by atoms with Crippen LogP contribution in [-0.4, -0.2) is 14.8 Å². The van der Waals surface area contributed by atoms with Crippen LogP contribution >= 0.6 is 15.9 Å². The van der Waals surface area contributed by atoms with E-state index >= 15 is 0 Å². The Morgan fingerprint density at radius 1 is 1.38 bits per heavy atom. The number of hydrogen-bond donors (Lipinski definition) is 0. The summed E-state index contributed by atoms with van der Waals surface area (Å²) in [5.41, 5.74) is 1.11. The maximum atomic E-state index is 4.61. The van der Waals surface area contributed by atoms with Crippen molar-refractivity contribution in [1.82, 2.24) is 14.8 Å². The summed E-state index contributed by atoms with van der Waals surface area (Å²) in [5, 5.41) is 4.47. The first-order valence-electron chi connectivity index (χ1n) is 5.41. The predicted octanol–water partition coefficient (Wildman–Crippen LogP) is 3.12. The molecule has 1 aliphatic rings. The van der Waals surface area contributed by atoms with Gasteiger partial charge in [0.05, 0.1) is 0 Å². The van der Waals surface area contributed by atoms with Crippen molar-refractivity contribution >= 4 is 15.9 Å². The normalized spacial score (nSPS) is 15.4. The molecule has 1 aromatic heterocycles. The predicted molar refractivity (Wildman–Crippen MR) is 66.1 cm³/mol. The summed E-state index contributed by atoms with van der Waals surface area (Å²) in [7, 11) is 1.95. The van der Waals surface area contributed by atoms with E-state index in [0.29, 0.717) is 5.92 Å². The summed E-state index contributed by atoms with van der Waals surface area (Å²) in [6, 6.07) is 8.17. The zero-order valence-corrected chi connectivity index (χ0v) is 10.6. The minimum atomic E-state index is 0.604.